The summed E-state index contributed by atoms with van der Waals surface area (Å²) in [6.45, 7) is 0. The summed E-state index contributed by atoms with van der Waals surface area (Å²) in [5.74, 6) is 1.51. The summed E-state index contributed by atoms with van der Waals surface area (Å²) >= 11 is 0. The van der Waals surface area contributed by atoms with Gasteiger partial charge in [0, 0.05) is 6.20 Å². The minimum absolute atomic E-state index is 0.311. The number of rotatable bonds is 4. The van der Waals surface area contributed by atoms with Gasteiger partial charge in [0.2, 0.25) is 0 Å². The summed E-state index contributed by atoms with van der Waals surface area (Å²) in [7, 11) is 0. The maximum absolute atomic E-state index is 8.81. The van der Waals surface area contributed by atoms with Gasteiger partial charge in [-0.05, 0) is 36.5 Å². The summed E-state index contributed by atoms with van der Waals surface area (Å²) in [6, 6.07) is 16.6. The molecule has 0 spiro atoms. The fourth-order valence-corrected chi connectivity index (χ4v) is 2.61. The van der Waals surface area contributed by atoms with E-state index in [0.29, 0.717) is 17.5 Å². The van der Waals surface area contributed by atoms with E-state index < -0.39 is 0 Å². The average Bonchev–Trinajstić information content (AvgIpc) is 2.46. The highest BCUT2D eigenvalue weighted by atomic mass is 15.0. The molecule has 3 nitrogen and oxygen atoms in total. The number of nitriles is 1. The van der Waals surface area contributed by atoms with Crippen molar-refractivity contribution >= 4 is 5.82 Å². The van der Waals surface area contributed by atoms with Crippen LogP contribution in [0.5, 0.6) is 0 Å². The first-order valence-corrected chi connectivity index (χ1v) is 7.04. The molecule has 1 aliphatic carbocycles. The standard InChI is InChI=1S/C17H17N3/c18-11-13-9-10-16(19-12-13)20-17(15-7-4-8-15)14-5-2-1-3-6-14/h1-3,5-6,9-10,12,15,17H,4,7-8H2,(H,19,20). The molecule has 1 aromatic heterocycles. The first-order valence-electron chi connectivity index (χ1n) is 7.04. The molecule has 1 fully saturated rings. The number of benzene rings is 1. The van der Waals surface area contributed by atoms with Crippen molar-refractivity contribution in [2.75, 3.05) is 5.32 Å². The topological polar surface area (TPSA) is 48.7 Å². The largest absolute Gasteiger partial charge is 0.363 e. The van der Waals surface area contributed by atoms with E-state index in [9.17, 15) is 0 Å². The third-order valence-corrected chi connectivity index (χ3v) is 3.98. The van der Waals surface area contributed by atoms with Crippen LogP contribution in [0.4, 0.5) is 5.82 Å². The minimum atomic E-state index is 0.311. The van der Waals surface area contributed by atoms with Crippen molar-refractivity contribution in [1.82, 2.24) is 4.98 Å². The summed E-state index contributed by atoms with van der Waals surface area (Å²) in [5.41, 5.74) is 1.90. The average molecular weight is 263 g/mol. The molecule has 0 aliphatic heterocycles. The quantitative estimate of drug-likeness (QED) is 0.909. The van der Waals surface area contributed by atoms with Crippen molar-refractivity contribution in [1.29, 1.82) is 5.26 Å². The van der Waals surface area contributed by atoms with Crippen molar-refractivity contribution in [3.63, 3.8) is 0 Å². The Bertz CT molecular complexity index is 594. The van der Waals surface area contributed by atoms with Crippen LogP contribution in [0.15, 0.2) is 48.7 Å². The molecule has 0 radical (unpaired) electrons. The van der Waals surface area contributed by atoms with Gasteiger partial charge in [-0.25, -0.2) is 4.98 Å². The predicted octanol–water partition coefficient (Wildman–Crippen LogP) is 3.91. The van der Waals surface area contributed by atoms with Gasteiger partial charge < -0.3 is 5.32 Å². The van der Waals surface area contributed by atoms with Gasteiger partial charge in [-0.2, -0.15) is 5.26 Å². The Balaban J connectivity index is 1.81. The molecular weight excluding hydrogens is 246 g/mol. The Morgan fingerprint density at radius 1 is 1.15 bits per heavy atom. The van der Waals surface area contributed by atoms with Crippen LogP contribution in [-0.2, 0) is 0 Å². The van der Waals surface area contributed by atoms with Gasteiger partial charge >= 0.3 is 0 Å². The molecule has 1 N–H and O–H groups in total. The number of anilines is 1. The van der Waals surface area contributed by atoms with Crippen LogP contribution in [0.3, 0.4) is 0 Å². The van der Waals surface area contributed by atoms with Crippen LogP contribution in [0, 0.1) is 17.2 Å². The lowest BCUT2D eigenvalue weighted by Crippen LogP contribution is -2.26. The smallest absolute Gasteiger partial charge is 0.126 e. The molecule has 0 bridgehead atoms. The summed E-state index contributed by atoms with van der Waals surface area (Å²) in [5, 5.41) is 12.3. The monoisotopic (exact) mass is 263 g/mol. The van der Waals surface area contributed by atoms with Gasteiger partial charge in [-0.15, -0.1) is 0 Å². The molecule has 1 unspecified atom stereocenters. The van der Waals surface area contributed by atoms with Crippen LogP contribution in [0.1, 0.15) is 36.4 Å². The number of aromatic nitrogens is 1. The highest BCUT2D eigenvalue weighted by Crippen LogP contribution is 2.39. The van der Waals surface area contributed by atoms with Crippen LogP contribution in [0.25, 0.3) is 0 Å². The maximum atomic E-state index is 8.81. The van der Waals surface area contributed by atoms with Crippen LogP contribution >= 0.6 is 0 Å². The van der Waals surface area contributed by atoms with Gasteiger partial charge in [-0.1, -0.05) is 36.8 Å². The second-order valence-electron chi connectivity index (χ2n) is 5.27. The Labute approximate surface area is 119 Å². The van der Waals surface area contributed by atoms with Crippen LogP contribution in [-0.4, -0.2) is 4.98 Å². The van der Waals surface area contributed by atoms with Crippen molar-refractivity contribution in [2.24, 2.45) is 5.92 Å². The SMILES string of the molecule is N#Cc1ccc(NC(c2ccccc2)C2CCC2)nc1. The molecule has 1 aromatic carbocycles. The van der Waals surface area contributed by atoms with E-state index in [1.54, 1.807) is 12.3 Å². The number of hydrogen-bond donors (Lipinski definition) is 1. The normalized spacial score (nSPS) is 15.9. The molecule has 3 rings (SSSR count). The lowest BCUT2D eigenvalue weighted by molar-refractivity contribution is 0.277. The summed E-state index contributed by atoms with van der Waals surface area (Å²) in [4.78, 5) is 4.32. The van der Waals surface area contributed by atoms with Gasteiger partial charge in [-0.3, -0.25) is 0 Å². The summed E-state index contributed by atoms with van der Waals surface area (Å²) < 4.78 is 0. The highest BCUT2D eigenvalue weighted by Gasteiger charge is 2.28. The van der Waals surface area contributed by atoms with Gasteiger partial charge in [0.25, 0.3) is 0 Å². The first kappa shape index (κ1) is 12.7. The van der Waals surface area contributed by atoms with Crippen molar-refractivity contribution in [3.8, 4) is 6.07 Å². The van der Waals surface area contributed by atoms with E-state index in [-0.39, 0.29) is 0 Å². The zero-order chi connectivity index (χ0) is 13.8. The zero-order valence-corrected chi connectivity index (χ0v) is 11.3. The Kier molecular flexibility index (Phi) is 3.64. The predicted molar refractivity (Wildman–Crippen MR) is 79.1 cm³/mol. The molecule has 0 amide bonds. The van der Waals surface area contributed by atoms with Gasteiger partial charge in [0.1, 0.15) is 11.9 Å². The van der Waals surface area contributed by atoms with Gasteiger partial charge in [0.05, 0.1) is 11.6 Å². The second-order valence-corrected chi connectivity index (χ2v) is 5.27. The van der Waals surface area contributed by atoms with E-state index in [4.69, 9.17) is 5.26 Å². The fourth-order valence-electron chi connectivity index (χ4n) is 2.61. The summed E-state index contributed by atoms with van der Waals surface area (Å²) in [6.07, 6.45) is 5.47. The number of nitrogens with zero attached hydrogens (tertiary/aromatic N) is 2. The van der Waals surface area contributed by atoms with Crippen molar-refractivity contribution < 1.29 is 0 Å². The third kappa shape index (κ3) is 2.65. The first-order chi connectivity index (χ1) is 9.86. The molecule has 1 heterocycles. The van der Waals surface area contributed by atoms with E-state index in [1.165, 1.54) is 24.8 Å². The van der Waals surface area contributed by atoms with Crippen molar-refractivity contribution in [2.45, 2.75) is 25.3 Å². The molecule has 100 valence electrons. The minimum Gasteiger partial charge on any atom is -0.363 e. The Morgan fingerprint density at radius 3 is 2.50 bits per heavy atom. The molecule has 1 atom stereocenters. The van der Waals surface area contributed by atoms with Crippen LogP contribution < -0.4 is 5.32 Å². The lowest BCUT2D eigenvalue weighted by Gasteiger charge is -2.35. The van der Waals surface area contributed by atoms with Crippen LogP contribution in [0.2, 0.25) is 0 Å². The molecule has 20 heavy (non-hydrogen) atoms. The maximum Gasteiger partial charge on any atom is 0.126 e. The highest BCUT2D eigenvalue weighted by molar-refractivity contribution is 5.42. The fraction of sp³-hybridized carbons (Fsp3) is 0.294. The second kappa shape index (κ2) is 5.75. The third-order valence-electron chi connectivity index (χ3n) is 3.98. The van der Waals surface area contributed by atoms with E-state index in [0.717, 1.165) is 5.82 Å². The molecule has 2 aromatic rings. The lowest BCUT2D eigenvalue weighted by atomic mass is 9.77. The number of pyridine rings is 1. The van der Waals surface area contributed by atoms with E-state index >= 15 is 0 Å². The molecule has 0 saturated heterocycles. The Hall–Kier alpha value is -2.34. The van der Waals surface area contributed by atoms with E-state index in [1.807, 2.05) is 12.1 Å². The molecule has 3 heteroatoms. The molecule has 1 aliphatic rings. The number of hydrogen-bond acceptors (Lipinski definition) is 3. The molecular formula is C17H17N3. The molecule has 1 saturated carbocycles. The van der Waals surface area contributed by atoms with Crippen molar-refractivity contribution in [3.05, 3.63) is 59.8 Å². The number of nitrogens with one attached hydrogen (secondary N) is 1. The zero-order valence-electron chi connectivity index (χ0n) is 11.3. The Morgan fingerprint density at radius 2 is 1.95 bits per heavy atom. The van der Waals surface area contributed by atoms with Gasteiger partial charge in [0.15, 0.2) is 0 Å². The van der Waals surface area contributed by atoms with E-state index in [2.05, 4.69) is 40.6 Å².